The zero-order valence-electron chi connectivity index (χ0n) is 6.95. The van der Waals surface area contributed by atoms with Gasteiger partial charge in [-0.3, -0.25) is 10.2 Å². The van der Waals surface area contributed by atoms with Gasteiger partial charge in [-0.25, -0.2) is 4.98 Å². The largest absolute Gasteiger partial charge is 0.366 e. The second-order valence-electron chi connectivity index (χ2n) is 2.55. The summed E-state index contributed by atoms with van der Waals surface area (Å²) in [5, 5.41) is 14.0. The predicted octanol–water partition coefficient (Wildman–Crippen LogP) is 0.206. The number of nitrogens with zero attached hydrogens (tertiary/aromatic N) is 4. The van der Waals surface area contributed by atoms with E-state index in [0.29, 0.717) is 5.69 Å². The van der Waals surface area contributed by atoms with Crippen LogP contribution >= 0.6 is 0 Å². The molecule has 1 unspecified atom stereocenters. The molecule has 0 bridgehead atoms. The fourth-order valence-electron chi connectivity index (χ4n) is 0.964. The Morgan fingerprint density at radius 2 is 2.38 bits per heavy atom. The lowest BCUT2D eigenvalue weighted by Gasteiger charge is -2.12. The first-order valence-electron chi connectivity index (χ1n) is 3.77. The zero-order chi connectivity index (χ0) is 9.26. The molecular weight excluding hydrogens is 172 g/mol. The molecule has 0 saturated heterocycles. The van der Waals surface area contributed by atoms with Crippen molar-refractivity contribution in [2.75, 3.05) is 0 Å². The lowest BCUT2D eigenvalue weighted by molar-refractivity contribution is -0.127. The molecular formula is C7H8N4O2. The van der Waals surface area contributed by atoms with E-state index in [4.69, 9.17) is 4.84 Å². The molecule has 2 rings (SSSR count). The van der Waals surface area contributed by atoms with Crippen molar-refractivity contribution in [1.82, 2.24) is 15.0 Å². The van der Waals surface area contributed by atoms with Gasteiger partial charge in [-0.2, -0.15) is 5.06 Å². The van der Waals surface area contributed by atoms with E-state index in [-0.39, 0.29) is 5.84 Å². The van der Waals surface area contributed by atoms with Gasteiger partial charge < -0.3 is 4.84 Å². The van der Waals surface area contributed by atoms with Gasteiger partial charge >= 0.3 is 0 Å². The molecule has 0 fully saturated rings. The summed E-state index contributed by atoms with van der Waals surface area (Å²) in [6.07, 6.45) is 4.10. The van der Waals surface area contributed by atoms with Gasteiger partial charge in [0.1, 0.15) is 5.69 Å². The Hall–Kier alpha value is -1.69. The van der Waals surface area contributed by atoms with E-state index in [0.717, 1.165) is 5.06 Å². The predicted molar refractivity (Wildman–Crippen MR) is 42.7 cm³/mol. The summed E-state index contributed by atoms with van der Waals surface area (Å²) >= 11 is 0. The van der Waals surface area contributed by atoms with Crippen LogP contribution in [0.3, 0.4) is 0 Å². The summed E-state index contributed by atoms with van der Waals surface area (Å²) in [5.41, 5.74) is 0.481. The second-order valence-corrected chi connectivity index (χ2v) is 2.55. The van der Waals surface area contributed by atoms with Gasteiger partial charge in [0.15, 0.2) is 0 Å². The summed E-state index contributed by atoms with van der Waals surface area (Å²) in [7, 11) is 0. The molecule has 6 nitrogen and oxygen atoms in total. The summed E-state index contributed by atoms with van der Waals surface area (Å²) < 4.78 is 0. The number of hydroxylamine groups is 2. The molecule has 0 aliphatic carbocycles. The van der Waals surface area contributed by atoms with Crippen molar-refractivity contribution in [2.45, 2.75) is 13.2 Å². The van der Waals surface area contributed by atoms with Gasteiger partial charge in [-0.05, 0) is 6.92 Å². The Balaban J connectivity index is 2.29. The highest BCUT2D eigenvalue weighted by Gasteiger charge is 2.26. The van der Waals surface area contributed by atoms with Crippen LogP contribution in [0.4, 0.5) is 0 Å². The highest BCUT2D eigenvalue weighted by atomic mass is 16.7. The van der Waals surface area contributed by atoms with Crippen LogP contribution in [0.5, 0.6) is 0 Å². The minimum Gasteiger partial charge on any atom is -0.366 e. The van der Waals surface area contributed by atoms with Crippen molar-refractivity contribution in [1.29, 1.82) is 0 Å². The van der Waals surface area contributed by atoms with Crippen LogP contribution in [0.1, 0.15) is 12.6 Å². The van der Waals surface area contributed by atoms with E-state index in [1.807, 2.05) is 0 Å². The molecule has 0 aromatic carbocycles. The first-order valence-corrected chi connectivity index (χ1v) is 3.77. The topological polar surface area (TPSA) is 70.8 Å². The molecule has 1 aromatic rings. The van der Waals surface area contributed by atoms with Crippen LogP contribution in [-0.4, -0.2) is 32.3 Å². The fourth-order valence-corrected chi connectivity index (χ4v) is 0.964. The first-order chi connectivity index (χ1) is 6.29. The summed E-state index contributed by atoms with van der Waals surface area (Å²) in [4.78, 5) is 12.7. The Bertz CT molecular complexity index is 327. The molecule has 1 atom stereocenters. The van der Waals surface area contributed by atoms with E-state index in [2.05, 4.69) is 15.1 Å². The maximum absolute atomic E-state index is 9.42. The molecule has 68 valence electrons. The van der Waals surface area contributed by atoms with Crippen molar-refractivity contribution in [3.63, 3.8) is 0 Å². The molecule has 1 aliphatic heterocycles. The van der Waals surface area contributed by atoms with E-state index in [1.165, 1.54) is 12.4 Å². The quantitative estimate of drug-likeness (QED) is 0.668. The SMILES string of the molecule is CC1ON=C(c2cnccn2)N1O. The Kier molecular flexibility index (Phi) is 1.82. The van der Waals surface area contributed by atoms with E-state index >= 15 is 0 Å². The number of hydrogen-bond donors (Lipinski definition) is 1. The monoisotopic (exact) mass is 180 g/mol. The van der Waals surface area contributed by atoms with Crippen LogP contribution < -0.4 is 0 Å². The number of aromatic nitrogens is 2. The molecule has 1 aliphatic rings. The zero-order valence-corrected chi connectivity index (χ0v) is 6.95. The number of hydrogen-bond acceptors (Lipinski definition) is 6. The lowest BCUT2D eigenvalue weighted by atomic mass is 10.4. The smallest absolute Gasteiger partial charge is 0.222 e. The highest BCUT2D eigenvalue weighted by molar-refractivity contribution is 5.96. The van der Waals surface area contributed by atoms with Gasteiger partial charge in [0.05, 0.1) is 6.20 Å². The van der Waals surface area contributed by atoms with E-state index in [1.54, 1.807) is 13.1 Å². The van der Waals surface area contributed by atoms with Crippen molar-refractivity contribution in [3.05, 3.63) is 24.3 Å². The van der Waals surface area contributed by atoms with Crippen LogP contribution in [0.15, 0.2) is 23.7 Å². The summed E-state index contributed by atoms with van der Waals surface area (Å²) in [6, 6.07) is 0. The minimum atomic E-state index is -0.475. The van der Waals surface area contributed by atoms with Crippen LogP contribution in [0.2, 0.25) is 0 Å². The van der Waals surface area contributed by atoms with E-state index in [9.17, 15) is 5.21 Å². The van der Waals surface area contributed by atoms with Crippen molar-refractivity contribution in [3.8, 4) is 0 Å². The number of oxime groups is 1. The third-order valence-electron chi connectivity index (χ3n) is 1.65. The fraction of sp³-hybridized carbons (Fsp3) is 0.286. The molecule has 13 heavy (non-hydrogen) atoms. The van der Waals surface area contributed by atoms with Crippen molar-refractivity contribution in [2.24, 2.45) is 5.16 Å². The third-order valence-corrected chi connectivity index (χ3v) is 1.65. The Morgan fingerprint density at radius 3 is 2.92 bits per heavy atom. The van der Waals surface area contributed by atoms with E-state index < -0.39 is 6.23 Å². The second kappa shape index (κ2) is 2.98. The van der Waals surface area contributed by atoms with Crippen LogP contribution in [-0.2, 0) is 4.84 Å². The average Bonchev–Trinajstić information content (AvgIpc) is 2.49. The average molecular weight is 180 g/mol. The normalized spacial score (nSPS) is 21.2. The maximum Gasteiger partial charge on any atom is 0.222 e. The molecule has 2 heterocycles. The van der Waals surface area contributed by atoms with Gasteiger partial charge in [-0.15, -0.1) is 0 Å². The van der Waals surface area contributed by atoms with Gasteiger partial charge in [0.2, 0.25) is 12.1 Å². The van der Waals surface area contributed by atoms with Gasteiger partial charge in [0, 0.05) is 12.4 Å². The van der Waals surface area contributed by atoms with Crippen molar-refractivity contribution >= 4 is 5.84 Å². The van der Waals surface area contributed by atoms with Crippen molar-refractivity contribution < 1.29 is 10.0 Å². The van der Waals surface area contributed by atoms with Gasteiger partial charge in [0.25, 0.3) is 0 Å². The summed E-state index contributed by atoms with van der Waals surface area (Å²) in [6.45, 7) is 1.67. The van der Waals surface area contributed by atoms with Crippen LogP contribution in [0, 0.1) is 0 Å². The molecule has 6 heteroatoms. The third kappa shape index (κ3) is 1.31. The number of amidine groups is 1. The molecule has 1 aromatic heterocycles. The Morgan fingerprint density at radius 1 is 1.54 bits per heavy atom. The summed E-state index contributed by atoms with van der Waals surface area (Å²) in [5.74, 6) is 0.278. The highest BCUT2D eigenvalue weighted by Crippen LogP contribution is 2.12. The maximum atomic E-state index is 9.42. The minimum absolute atomic E-state index is 0.278. The van der Waals surface area contributed by atoms with Gasteiger partial charge in [-0.1, -0.05) is 5.16 Å². The first kappa shape index (κ1) is 7.93. The molecule has 0 saturated carbocycles. The number of rotatable bonds is 1. The standard InChI is InChI=1S/C7H8N4O2/c1-5-11(12)7(10-13-5)6-4-8-2-3-9-6/h2-5,12H,1H3. The molecule has 1 N–H and O–H groups in total. The molecule has 0 amide bonds. The van der Waals surface area contributed by atoms with Crippen LogP contribution in [0.25, 0.3) is 0 Å². The molecule has 0 radical (unpaired) electrons. The lowest BCUT2D eigenvalue weighted by Crippen LogP contribution is -2.31. The molecule has 0 spiro atoms. The Labute approximate surface area is 74.4 Å².